The van der Waals surface area contributed by atoms with E-state index in [1.54, 1.807) is 11.7 Å². The van der Waals surface area contributed by atoms with Crippen molar-refractivity contribution in [1.29, 1.82) is 0 Å². The molecule has 0 unspecified atom stereocenters. The van der Waals surface area contributed by atoms with Crippen LogP contribution in [0.4, 0.5) is 0 Å². The second-order valence-corrected chi connectivity index (χ2v) is 14.9. The molecule has 2 aliphatic rings. The molecule has 0 saturated carbocycles. The van der Waals surface area contributed by atoms with E-state index >= 15 is 0 Å². The molecule has 0 amide bonds. The van der Waals surface area contributed by atoms with Gasteiger partial charge in [0.05, 0.1) is 0 Å². The molecule has 7 aromatic rings. The second kappa shape index (κ2) is 12.8. The minimum Gasteiger partial charge on any atom is -0.305 e. The molecule has 44 heavy (non-hydrogen) atoms. The van der Waals surface area contributed by atoms with Crippen LogP contribution in [-0.2, 0) is 20.1 Å². The van der Waals surface area contributed by atoms with E-state index in [9.17, 15) is 0 Å². The number of aromatic nitrogens is 2. The van der Waals surface area contributed by atoms with Crippen molar-refractivity contribution in [1.82, 2.24) is 9.97 Å². The summed E-state index contributed by atoms with van der Waals surface area (Å²) in [6.07, 6.45) is 3.79. The normalized spacial score (nSPS) is 12.1. The molecule has 6 heteroatoms. The predicted octanol–water partition coefficient (Wildman–Crippen LogP) is 2.70. The maximum Gasteiger partial charge on any atom is 0.0160 e. The second-order valence-electron chi connectivity index (χ2n) is 10.4. The molecule has 0 fully saturated rings. The number of fused-ring (bicyclic) bond motifs is 5. The Morgan fingerprint density at radius 2 is 1.30 bits per heavy atom. The van der Waals surface area contributed by atoms with Gasteiger partial charge in [-0.05, 0) is 11.8 Å². The molecule has 0 spiro atoms. The van der Waals surface area contributed by atoms with Crippen molar-refractivity contribution in [3.63, 3.8) is 0 Å². The topological polar surface area (TPSA) is 25.8 Å². The van der Waals surface area contributed by atoms with Crippen molar-refractivity contribution < 1.29 is 20.1 Å². The summed E-state index contributed by atoms with van der Waals surface area (Å²) in [4.78, 5) is 9.09. The standard InChI is InChI=1S/C27H15BNSe2.C11H8N.Ir/c1-2-8-18-16-29-22(15-17(18)7-1)19-13-14-25-26-27(19)31-24-12-6-4-10-21(24)28(26)20-9-3-5-11-23(20)30-25;1-2-6-10(7-3-1)11-8-4-5-9-12-11;/h1-12,14-16H;1-6,8-9H;/q2*-1;. The zero-order valence-electron chi connectivity index (χ0n) is 23.4. The molecule has 0 saturated heterocycles. The molecule has 0 aliphatic carbocycles. The van der Waals surface area contributed by atoms with E-state index in [-0.39, 0.29) is 35.1 Å². The molecule has 2 nitrogen and oxygen atoms in total. The monoisotopic (exact) mass is 871 g/mol. The zero-order valence-corrected chi connectivity index (χ0v) is 29.2. The van der Waals surface area contributed by atoms with E-state index in [1.165, 1.54) is 45.1 Å². The summed E-state index contributed by atoms with van der Waals surface area (Å²) in [7, 11) is 0. The molecular weight excluding hydrogens is 845 g/mol. The van der Waals surface area contributed by atoms with Crippen molar-refractivity contribution in [2.75, 3.05) is 0 Å². The first-order chi connectivity index (χ1) is 21.3. The first kappa shape index (κ1) is 29.1. The van der Waals surface area contributed by atoms with Gasteiger partial charge in [0, 0.05) is 26.3 Å². The van der Waals surface area contributed by atoms with E-state index in [0.29, 0.717) is 21.7 Å². The third-order valence-corrected chi connectivity index (χ3v) is 12.8. The van der Waals surface area contributed by atoms with Gasteiger partial charge in [-0.1, -0.05) is 12.1 Å². The maximum absolute atomic E-state index is 4.87. The van der Waals surface area contributed by atoms with Crippen LogP contribution in [-0.4, -0.2) is 46.6 Å². The summed E-state index contributed by atoms with van der Waals surface area (Å²) in [6.45, 7) is 0.331. The van der Waals surface area contributed by atoms with E-state index in [4.69, 9.17) is 4.98 Å². The van der Waals surface area contributed by atoms with Crippen molar-refractivity contribution in [2.45, 2.75) is 0 Å². The Bertz CT molecular complexity index is 2060. The Hall–Kier alpha value is -3.59. The van der Waals surface area contributed by atoms with Crippen LogP contribution >= 0.6 is 0 Å². The van der Waals surface area contributed by atoms with Gasteiger partial charge in [-0.3, -0.25) is 0 Å². The Kier molecular flexibility index (Phi) is 8.48. The van der Waals surface area contributed by atoms with Crippen LogP contribution in [0.2, 0.25) is 0 Å². The van der Waals surface area contributed by atoms with Crippen LogP contribution in [0.25, 0.3) is 33.3 Å². The summed E-state index contributed by atoms with van der Waals surface area (Å²) in [5.74, 6) is 0. The fourth-order valence-corrected chi connectivity index (χ4v) is 11.2. The van der Waals surface area contributed by atoms with Gasteiger partial charge in [0.15, 0.2) is 0 Å². The minimum atomic E-state index is 0. The van der Waals surface area contributed by atoms with Gasteiger partial charge in [-0.15, -0.1) is 35.9 Å². The third kappa shape index (κ3) is 5.44. The number of nitrogens with zero attached hydrogens (tertiary/aromatic N) is 2. The van der Waals surface area contributed by atoms with Crippen LogP contribution in [0.5, 0.6) is 0 Å². The molecule has 1 radical (unpaired) electrons. The fraction of sp³-hybridized carbons (Fsp3) is 0. The Morgan fingerprint density at radius 3 is 2.05 bits per heavy atom. The molecule has 0 N–H and O–H groups in total. The molecule has 4 heterocycles. The smallest absolute Gasteiger partial charge is 0.0160 e. The quantitative estimate of drug-likeness (QED) is 0.198. The van der Waals surface area contributed by atoms with Gasteiger partial charge in [0.25, 0.3) is 0 Å². The molecule has 211 valence electrons. The minimum absolute atomic E-state index is 0. The van der Waals surface area contributed by atoms with Crippen LogP contribution in [0, 0.1) is 12.1 Å². The zero-order chi connectivity index (χ0) is 28.6. The first-order valence-corrected chi connectivity index (χ1v) is 17.6. The number of rotatable bonds is 2. The number of hydrogen-bond donors (Lipinski definition) is 0. The van der Waals surface area contributed by atoms with Crippen LogP contribution < -0.4 is 34.2 Å². The Balaban J connectivity index is 0.000000203. The largest absolute Gasteiger partial charge is 0.305 e. The summed E-state index contributed by atoms with van der Waals surface area (Å²) in [5.41, 5.74) is 8.77. The van der Waals surface area contributed by atoms with Gasteiger partial charge in [0.2, 0.25) is 0 Å². The van der Waals surface area contributed by atoms with E-state index in [0.717, 1.165) is 17.0 Å². The van der Waals surface area contributed by atoms with Gasteiger partial charge in [0.1, 0.15) is 0 Å². The van der Waals surface area contributed by atoms with Gasteiger partial charge in [-0.2, -0.15) is 0 Å². The third-order valence-electron chi connectivity index (χ3n) is 7.80. The van der Waals surface area contributed by atoms with Crippen molar-refractivity contribution in [2.24, 2.45) is 0 Å². The van der Waals surface area contributed by atoms with Crippen molar-refractivity contribution in [3.8, 4) is 22.5 Å². The molecule has 2 aliphatic heterocycles. The van der Waals surface area contributed by atoms with E-state index in [2.05, 4.69) is 102 Å². The first-order valence-electron chi connectivity index (χ1n) is 14.2. The SMILES string of the molecule is [Ir].[c-]1cc2c3c(c1-c1cc4ccccc4cn1)[Se]c1ccccc1B3c1ccccc1[Se]2.[c-]1ccccc1-c1ccccn1. The summed E-state index contributed by atoms with van der Waals surface area (Å²) in [6, 6.07) is 51.6. The molecule has 2 aromatic heterocycles. The predicted molar refractivity (Wildman–Crippen MR) is 182 cm³/mol. The average molecular weight is 869 g/mol. The van der Waals surface area contributed by atoms with Crippen molar-refractivity contribution in [3.05, 3.63) is 152 Å². The van der Waals surface area contributed by atoms with Crippen molar-refractivity contribution >= 4 is 81.6 Å². The van der Waals surface area contributed by atoms with Gasteiger partial charge < -0.3 is 4.98 Å². The maximum atomic E-state index is 4.87. The number of hydrogen-bond acceptors (Lipinski definition) is 2. The van der Waals surface area contributed by atoms with Crippen LogP contribution in [0.15, 0.2) is 140 Å². The Morgan fingerprint density at radius 1 is 0.591 bits per heavy atom. The molecule has 9 rings (SSSR count). The molecule has 0 bridgehead atoms. The molecule has 0 atom stereocenters. The summed E-state index contributed by atoms with van der Waals surface area (Å²) >= 11 is 0.575. The number of benzene rings is 5. The Labute approximate surface area is 284 Å². The van der Waals surface area contributed by atoms with Gasteiger partial charge in [-0.25, -0.2) is 0 Å². The average Bonchev–Trinajstić information content (AvgIpc) is 3.09. The fourth-order valence-electron chi connectivity index (χ4n) is 5.81. The van der Waals surface area contributed by atoms with E-state index in [1.807, 2.05) is 48.7 Å². The van der Waals surface area contributed by atoms with E-state index < -0.39 is 0 Å². The van der Waals surface area contributed by atoms with Gasteiger partial charge >= 0.3 is 195 Å². The van der Waals surface area contributed by atoms with Crippen LogP contribution in [0.1, 0.15) is 0 Å². The summed E-state index contributed by atoms with van der Waals surface area (Å²) < 4.78 is 5.97. The van der Waals surface area contributed by atoms with Crippen LogP contribution in [0.3, 0.4) is 0 Å². The number of pyridine rings is 2. The summed E-state index contributed by atoms with van der Waals surface area (Å²) in [5, 5.41) is 2.42. The molecule has 5 aromatic carbocycles. The molecular formula is C38H23BIrN2Se2-2.